The molecule has 1 fully saturated rings. The highest BCUT2D eigenvalue weighted by Crippen LogP contribution is 2.32. The summed E-state index contributed by atoms with van der Waals surface area (Å²) in [5.41, 5.74) is 0.471. The second kappa shape index (κ2) is 4.84. The molecule has 0 saturated heterocycles. The Hall–Kier alpha value is -1.17. The number of aromatic amines is 1. The van der Waals surface area contributed by atoms with E-state index in [2.05, 4.69) is 9.97 Å². The monoisotopic (exact) mass is 270 g/mol. The van der Waals surface area contributed by atoms with Crippen molar-refractivity contribution in [3.05, 3.63) is 27.9 Å². The van der Waals surface area contributed by atoms with Crippen molar-refractivity contribution in [1.29, 1.82) is 0 Å². The highest BCUT2D eigenvalue weighted by atomic mass is 32.2. The molecule has 0 radical (unpaired) electrons. The van der Waals surface area contributed by atoms with Gasteiger partial charge in [0.2, 0.25) is 0 Å². The summed E-state index contributed by atoms with van der Waals surface area (Å²) in [6.45, 7) is 1.55. The molecule has 0 spiro atoms. The summed E-state index contributed by atoms with van der Waals surface area (Å²) in [4.78, 5) is 18.5. The highest BCUT2D eigenvalue weighted by molar-refractivity contribution is 7.90. The van der Waals surface area contributed by atoms with Crippen LogP contribution in [0.2, 0.25) is 0 Å². The van der Waals surface area contributed by atoms with Gasteiger partial charge in [-0.2, -0.15) is 0 Å². The normalized spacial score (nSPS) is 19.0. The molecule has 0 aliphatic heterocycles. The molecular formula is C12H18N2O3S. The molecule has 100 valence electrons. The third kappa shape index (κ3) is 2.80. The Bertz CT molecular complexity index is 586. The maximum Gasteiger partial charge on any atom is 0.251 e. The van der Waals surface area contributed by atoms with Gasteiger partial charge in [-0.15, -0.1) is 0 Å². The lowest BCUT2D eigenvalue weighted by Gasteiger charge is -2.12. The van der Waals surface area contributed by atoms with Crippen molar-refractivity contribution in [1.82, 2.24) is 9.97 Å². The Morgan fingerprint density at radius 1 is 1.39 bits per heavy atom. The average Bonchev–Trinajstić information content (AvgIpc) is 2.79. The molecule has 1 unspecified atom stereocenters. The van der Waals surface area contributed by atoms with E-state index in [-0.39, 0.29) is 11.4 Å². The van der Waals surface area contributed by atoms with E-state index in [0.29, 0.717) is 5.92 Å². The first-order chi connectivity index (χ1) is 8.38. The van der Waals surface area contributed by atoms with Crippen LogP contribution in [0.4, 0.5) is 0 Å². The summed E-state index contributed by atoms with van der Waals surface area (Å²) in [5, 5.41) is -0.772. The maximum absolute atomic E-state index is 11.6. The summed E-state index contributed by atoms with van der Waals surface area (Å²) in [7, 11) is -3.25. The fraction of sp³-hybridized carbons (Fsp3) is 0.667. The van der Waals surface area contributed by atoms with Gasteiger partial charge >= 0.3 is 0 Å². The molecule has 1 heterocycles. The average molecular weight is 270 g/mol. The van der Waals surface area contributed by atoms with Crippen molar-refractivity contribution in [2.75, 3.05) is 6.26 Å². The fourth-order valence-electron chi connectivity index (χ4n) is 2.32. The molecule has 1 saturated carbocycles. The Kier molecular flexibility index (Phi) is 3.56. The molecule has 2 rings (SSSR count). The van der Waals surface area contributed by atoms with Crippen molar-refractivity contribution >= 4 is 9.84 Å². The van der Waals surface area contributed by atoms with Crippen LogP contribution in [0.5, 0.6) is 0 Å². The van der Waals surface area contributed by atoms with E-state index in [1.807, 2.05) is 0 Å². The molecule has 1 aromatic rings. The van der Waals surface area contributed by atoms with Gasteiger partial charge in [0, 0.05) is 18.2 Å². The van der Waals surface area contributed by atoms with Crippen LogP contribution in [0, 0.1) is 0 Å². The number of sulfone groups is 1. The lowest BCUT2D eigenvalue weighted by molar-refractivity contribution is 0.587. The largest absolute Gasteiger partial charge is 0.309 e. The predicted octanol–water partition coefficient (Wildman–Crippen LogP) is 1.53. The summed E-state index contributed by atoms with van der Waals surface area (Å²) in [6, 6.07) is 1.49. The Labute approximate surface area is 107 Å². The van der Waals surface area contributed by atoms with Gasteiger partial charge in [0.15, 0.2) is 9.84 Å². The van der Waals surface area contributed by atoms with Gasteiger partial charge in [-0.3, -0.25) is 4.79 Å². The first-order valence-electron chi connectivity index (χ1n) is 6.18. The number of rotatable bonds is 3. The second-order valence-corrected chi connectivity index (χ2v) is 7.37. The molecule has 0 aromatic carbocycles. The molecule has 0 bridgehead atoms. The highest BCUT2D eigenvalue weighted by Gasteiger charge is 2.23. The van der Waals surface area contributed by atoms with Gasteiger partial charge < -0.3 is 4.98 Å². The van der Waals surface area contributed by atoms with Gasteiger partial charge in [0.25, 0.3) is 5.56 Å². The number of hydrogen-bond donors (Lipinski definition) is 1. The third-order valence-corrected chi connectivity index (χ3v) is 5.09. The summed E-state index contributed by atoms with van der Waals surface area (Å²) < 4.78 is 23.0. The van der Waals surface area contributed by atoms with Crippen LogP contribution >= 0.6 is 0 Å². The third-order valence-electron chi connectivity index (χ3n) is 3.58. The van der Waals surface area contributed by atoms with Gasteiger partial charge in [-0.1, -0.05) is 12.8 Å². The van der Waals surface area contributed by atoms with Gasteiger partial charge in [-0.25, -0.2) is 13.4 Å². The van der Waals surface area contributed by atoms with Crippen molar-refractivity contribution < 1.29 is 8.42 Å². The molecule has 1 aliphatic rings. The molecule has 1 N–H and O–H groups in total. The van der Waals surface area contributed by atoms with Crippen LogP contribution in [0.25, 0.3) is 0 Å². The molecule has 1 aromatic heterocycles. The number of H-pyrrole nitrogens is 1. The topological polar surface area (TPSA) is 79.9 Å². The maximum atomic E-state index is 11.6. The second-order valence-electron chi connectivity index (χ2n) is 5.01. The smallest absolute Gasteiger partial charge is 0.251 e. The fourth-order valence-corrected chi connectivity index (χ4v) is 2.84. The van der Waals surface area contributed by atoms with Gasteiger partial charge in [0.05, 0.1) is 5.69 Å². The van der Waals surface area contributed by atoms with E-state index < -0.39 is 15.1 Å². The Morgan fingerprint density at radius 3 is 2.56 bits per heavy atom. The van der Waals surface area contributed by atoms with Crippen LogP contribution in [-0.4, -0.2) is 24.6 Å². The number of nitrogens with one attached hydrogen (secondary N) is 1. The minimum absolute atomic E-state index is 0.256. The zero-order valence-corrected chi connectivity index (χ0v) is 11.5. The van der Waals surface area contributed by atoms with Crippen LogP contribution in [-0.2, 0) is 9.84 Å². The van der Waals surface area contributed by atoms with Crippen molar-refractivity contribution in [3.8, 4) is 0 Å². The molecule has 6 heteroatoms. The van der Waals surface area contributed by atoms with Crippen LogP contribution in [0.15, 0.2) is 10.9 Å². The zero-order chi connectivity index (χ0) is 13.3. The lowest BCUT2D eigenvalue weighted by Crippen LogP contribution is -2.19. The van der Waals surface area contributed by atoms with Crippen LogP contribution < -0.4 is 5.56 Å². The number of aromatic nitrogens is 2. The number of hydrogen-bond acceptors (Lipinski definition) is 4. The minimum atomic E-state index is -3.25. The minimum Gasteiger partial charge on any atom is -0.309 e. The molecule has 1 aliphatic carbocycles. The van der Waals surface area contributed by atoms with Gasteiger partial charge in [0.1, 0.15) is 11.1 Å². The van der Waals surface area contributed by atoms with E-state index in [1.54, 1.807) is 6.92 Å². The molecule has 5 nitrogen and oxygen atoms in total. The van der Waals surface area contributed by atoms with E-state index in [1.165, 1.54) is 6.07 Å². The number of nitrogens with zero attached hydrogens (tertiary/aromatic N) is 1. The Morgan fingerprint density at radius 2 is 2.00 bits per heavy atom. The summed E-state index contributed by atoms with van der Waals surface area (Å²) in [5.74, 6) is 0.560. The van der Waals surface area contributed by atoms with Crippen molar-refractivity contribution in [2.45, 2.75) is 43.8 Å². The van der Waals surface area contributed by atoms with E-state index in [9.17, 15) is 13.2 Å². The first kappa shape index (κ1) is 13.3. The molecular weight excluding hydrogens is 252 g/mol. The van der Waals surface area contributed by atoms with Crippen LogP contribution in [0.1, 0.15) is 55.3 Å². The van der Waals surface area contributed by atoms with Crippen molar-refractivity contribution in [2.24, 2.45) is 0 Å². The van der Waals surface area contributed by atoms with E-state index in [0.717, 1.165) is 37.6 Å². The first-order valence-corrected chi connectivity index (χ1v) is 8.13. The van der Waals surface area contributed by atoms with Crippen LogP contribution in [0.3, 0.4) is 0 Å². The van der Waals surface area contributed by atoms with E-state index >= 15 is 0 Å². The summed E-state index contributed by atoms with van der Waals surface area (Å²) in [6.07, 6.45) is 5.51. The quantitative estimate of drug-likeness (QED) is 0.903. The summed E-state index contributed by atoms with van der Waals surface area (Å²) >= 11 is 0. The SMILES string of the molecule is CC(c1nc(C2CCCC2)cc(=O)[nH]1)S(C)(=O)=O. The molecule has 0 amide bonds. The zero-order valence-electron chi connectivity index (χ0n) is 10.6. The molecule has 1 atom stereocenters. The van der Waals surface area contributed by atoms with E-state index in [4.69, 9.17) is 0 Å². The standard InChI is InChI=1S/C12H18N2O3S/c1-8(18(2,16)17)12-13-10(7-11(15)14-12)9-5-3-4-6-9/h7-9H,3-6H2,1-2H3,(H,13,14,15). The van der Waals surface area contributed by atoms with Gasteiger partial charge in [-0.05, 0) is 19.8 Å². The molecule has 18 heavy (non-hydrogen) atoms. The lowest BCUT2D eigenvalue weighted by atomic mass is 10.0. The van der Waals surface area contributed by atoms with Crippen molar-refractivity contribution in [3.63, 3.8) is 0 Å². The predicted molar refractivity (Wildman–Crippen MR) is 69.3 cm³/mol. The Balaban J connectivity index is 2.40.